The highest BCUT2D eigenvalue weighted by atomic mass is 16.5. The number of hydrogen-bond acceptors (Lipinski definition) is 8. The predicted molar refractivity (Wildman–Crippen MR) is 164 cm³/mol. The summed E-state index contributed by atoms with van der Waals surface area (Å²) in [6.45, 7) is 12.7. The Hall–Kier alpha value is -4.52. The van der Waals surface area contributed by atoms with Crippen LogP contribution in [0.3, 0.4) is 0 Å². The highest BCUT2D eigenvalue weighted by Gasteiger charge is 2.20. The van der Waals surface area contributed by atoms with E-state index in [1.54, 1.807) is 20.0 Å². The number of ether oxygens (including phenoxy) is 1. The first-order valence-corrected chi connectivity index (χ1v) is 13.7. The van der Waals surface area contributed by atoms with Gasteiger partial charge >= 0.3 is 0 Å². The number of carbonyl (C=O) groups is 1. The molecule has 0 bridgehead atoms. The lowest BCUT2D eigenvalue weighted by molar-refractivity contribution is -0.117. The maximum Gasteiger partial charge on any atom is 0.242 e. The van der Waals surface area contributed by atoms with Crippen molar-refractivity contribution in [3.8, 4) is 23.0 Å². The van der Waals surface area contributed by atoms with Gasteiger partial charge in [-0.15, -0.1) is 0 Å². The summed E-state index contributed by atoms with van der Waals surface area (Å²) in [6.07, 6.45) is 4.04. The molecule has 1 atom stereocenters. The number of likely N-dealkylation sites (N-methyl/N-ethyl adjacent to an activating group) is 2. The molecule has 0 radical (unpaired) electrons. The molecule has 1 amide bonds. The third-order valence-electron chi connectivity index (χ3n) is 7.40. The minimum atomic E-state index is -0.366. The standard InChI is InChI=1S/C32H35N7O2/c1-20-7-10-25-19-24(9-13-28(25)38(20)6)8-12-27-26(11-14-29(36-27)37-31(40)23(4)33-5)30-21(2)34-32(35-22(30)3)39-15-17-41-18-16-39/h7,9-11,13-14,19,23,33H,1,15-18H2,2-6H3,(H,36,37,40). The number of amides is 1. The monoisotopic (exact) mass is 549 g/mol. The fraction of sp³-hybridized carbons (Fsp3) is 0.312. The van der Waals surface area contributed by atoms with Crippen molar-refractivity contribution in [2.24, 2.45) is 0 Å². The van der Waals surface area contributed by atoms with Crippen molar-refractivity contribution < 1.29 is 9.53 Å². The zero-order valence-electron chi connectivity index (χ0n) is 24.2. The SMILES string of the molecule is C=C1C=Cc2cc(C#Cc3nc(NC(=O)C(C)NC)ccc3-c3c(C)nc(N4CCOCC4)nc3C)ccc2N1C. The number of anilines is 3. The van der Waals surface area contributed by atoms with Crippen LogP contribution in [0.15, 0.2) is 48.7 Å². The second-order valence-electron chi connectivity index (χ2n) is 10.2. The first-order chi connectivity index (χ1) is 19.7. The van der Waals surface area contributed by atoms with Crippen molar-refractivity contribution in [2.45, 2.75) is 26.8 Å². The van der Waals surface area contributed by atoms with E-state index in [9.17, 15) is 4.79 Å². The summed E-state index contributed by atoms with van der Waals surface area (Å²) in [4.78, 5) is 31.2. The lowest BCUT2D eigenvalue weighted by Crippen LogP contribution is -2.37. The van der Waals surface area contributed by atoms with Gasteiger partial charge in [-0.1, -0.05) is 18.6 Å². The minimum absolute atomic E-state index is 0.176. The lowest BCUT2D eigenvalue weighted by atomic mass is 10.00. The second-order valence-corrected chi connectivity index (χ2v) is 10.2. The average molecular weight is 550 g/mol. The molecular formula is C32H35N7O2. The van der Waals surface area contributed by atoms with E-state index in [2.05, 4.69) is 44.9 Å². The van der Waals surface area contributed by atoms with Crippen LogP contribution in [0, 0.1) is 25.7 Å². The van der Waals surface area contributed by atoms with Crippen LogP contribution in [0.25, 0.3) is 17.2 Å². The fourth-order valence-electron chi connectivity index (χ4n) is 4.84. The summed E-state index contributed by atoms with van der Waals surface area (Å²) in [6, 6.07) is 9.45. The van der Waals surface area contributed by atoms with Gasteiger partial charge in [-0.25, -0.2) is 15.0 Å². The molecule has 2 aromatic heterocycles. The minimum Gasteiger partial charge on any atom is -0.378 e. The summed E-state index contributed by atoms with van der Waals surface area (Å²) in [5.74, 6) is 7.52. The molecule has 3 aromatic rings. The normalized spacial score (nSPS) is 15.2. The number of aryl methyl sites for hydroxylation is 2. The van der Waals surface area contributed by atoms with Crippen molar-refractivity contribution in [3.05, 3.63) is 76.9 Å². The van der Waals surface area contributed by atoms with Crippen LogP contribution in [-0.2, 0) is 9.53 Å². The molecule has 4 heterocycles. The van der Waals surface area contributed by atoms with E-state index in [4.69, 9.17) is 19.7 Å². The van der Waals surface area contributed by atoms with Gasteiger partial charge in [0.05, 0.1) is 30.6 Å². The number of hydrogen-bond donors (Lipinski definition) is 2. The Morgan fingerprint density at radius 3 is 2.49 bits per heavy atom. The molecule has 2 aliphatic rings. The molecule has 0 spiro atoms. The molecule has 1 unspecified atom stereocenters. The topological polar surface area (TPSA) is 95.5 Å². The van der Waals surface area contributed by atoms with Crippen molar-refractivity contribution >= 4 is 29.4 Å². The summed E-state index contributed by atoms with van der Waals surface area (Å²) >= 11 is 0. The van der Waals surface area contributed by atoms with Gasteiger partial charge in [-0.05, 0) is 75.7 Å². The fourth-order valence-corrected chi connectivity index (χ4v) is 4.84. The Labute approximate surface area is 241 Å². The number of nitrogens with zero attached hydrogens (tertiary/aromatic N) is 5. The predicted octanol–water partition coefficient (Wildman–Crippen LogP) is 3.91. The third-order valence-corrected chi connectivity index (χ3v) is 7.40. The Bertz CT molecular complexity index is 1570. The second kappa shape index (κ2) is 11.9. The first kappa shape index (κ1) is 28.0. The van der Waals surface area contributed by atoms with Gasteiger partial charge in [0.15, 0.2) is 0 Å². The molecule has 0 saturated carbocycles. The average Bonchev–Trinajstić information content (AvgIpc) is 2.98. The maximum absolute atomic E-state index is 12.6. The smallest absolute Gasteiger partial charge is 0.242 e. The van der Waals surface area contributed by atoms with Crippen LogP contribution in [0.2, 0.25) is 0 Å². The van der Waals surface area contributed by atoms with Crippen molar-refractivity contribution in [2.75, 3.05) is 55.5 Å². The number of fused-ring (bicyclic) bond motifs is 1. The van der Waals surface area contributed by atoms with E-state index in [1.807, 2.05) is 51.2 Å². The summed E-state index contributed by atoms with van der Waals surface area (Å²) in [5.41, 5.74) is 7.85. The van der Waals surface area contributed by atoms with Gasteiger partial charge in [0, 0.05) is 48.2 Å². The lowest BCUT2D eigenvalue weighted by Gasteiger charge is -2.27. The Balaban J connectivity index is 1.56. The molecule has 1 aromatic carbocycles. The number of nitrogens with one attached hydrogen (secondary N) is 2. The van der Waals surface area contributed by atoms with E-state index in [0.717, 1.165) is 58.1 Å². The highest BCUT2D eigenvalue weighted by molar-refractivity contribution is 5.94. The van der Waals surface area contributed by atoms with E-state index in [0.29, 0.717) is 30.7 Å². The van der Waals surface area contributed by atoms with Gasteiger partial charge in [0.1, 0.15) is 11.5 Å². The maximum atomic E-state index is 12.6. The van der Waals surface area contributed by atoms with Crippen molar-refractivity contribution in [1.29, 1.82) is 0 Å². The van der Waals surface area contributed by atoms with Gasteiger partial charge in [-0.2, -0.15) is 0 Å². The molecule has 41 heavy (non-hydrogen) atoms. The third kappa shape index (κ3) is 5.99. The number of allylic oxidation sites excluding steroid dienone is 1. The van der Waals surface area contributed by atoms with Gasteiger partial charge in [0.2, 0.25) is 11.9 Å². The number of rotatable bonds is 5. The summed E-state index contributed by atoms with van der Waals surface area (Å²) in [5, 5.41) is 5.84. The van der Waals surface area contributed by atoms with E-state index in [1.165, 1.54) is 0 Å². The molecule has 9 nitrogen and oxygen atoms in total. The van der Waals surface area contributed by atoms with Crippen molar-refractivity contribution in [1.82, 2.24) is 20.3 Å². The van der Waals surface area contributed by atoms with Crippen LogP contribution >= 0.6 is 0 Å². The van der Waals surface area contributed by atoms with E-state index in [-0.39, 0.29) is 11.9 Å². The van der Waals surface area contributed by atoms with Gasteiger partial charge < -0.3 is 25.2 Å². The largest absolute Gasteiger partial charge is 0.378 e. The summed E-state index contributed by atoms with van der Waals surface area (Å²) < 4.78 is 5.49. The van der Waals surface area contributed by atoms with Crippen LogP contribution < -0.4 is 20.4 Å². The zero-order valence-corrected chi connectivity index (χ0v) is 24.2. The molecule has 210 valence electrons. The van der Waals surface area contributed by atoms with Gasteiger partial charge in [0.25, 0.3) is 0 Å². The zero-order chi connectivity index (χ0) is 29.1. The molecule has 1 fully saturated rings. The van der Waals surface area contributed by atoms with E-state index >= 15 is 0 Å². The molecule has 1 saturated heterocycles. The number of benzene rings is 1. The van der Waals surface area contributed by atoms with E-state index < -0.39 is 0 Å². The van der Waals surface area contributed by atoms with Crippen molar-refractivity contribution in [3.63, 3.8) is 0 Å². The number of carbonyl (C=O) groups excluding carboxylic acids is 1. The quantitative estimate of drug-likeness (QED) is 0.463. The summed E-state index contributed by atoms with van der Waals surface area (Å²) in [7, 11) is 3.74. The molecule has 5 rings (SSSR count). The van der Waals surface area contributed by atoms with Crippen LogP contribution in [-0.4, -0.2) is 67.3 Å². The van der Waals surface area contributed by atoms with Crippen LogP contribution in [0.1, 0.15) is 35.1 Å². The number of aromatic nitrogens is 3. The molecule has 0 aliphatic carbocycles. The van der Waals surface area contributed by atoms with Gasteiger partial charge in [-0.3, -0.25) is 4.79 Å². The highest BCUT2D eigenvalue weighted by Crippen LogP contribution is 2.31. The molecular weight excluding hydrogens is 514 g/mol. The van der Waals surface area contributed by atoms with Crippen LogP contribution in [0.4, 0.5) is 17.5 Å². The Morgan fingerprint density at radius 2 is 1.78 bits per heavy atom. The van der Waals surface area contributed by atoms with Crippen LogP contribution in [0.5, 0.6) is 0 Å². The number of pyridine rings is 1. The number of morpholine rings is 1. The molecule has 9 heteroatoms. The Kier molecular flexibility index (Phi) is 8.15. The first-order valence-electron chi connectivity index (χ1n) is 13.7. The molecule has 2 aliphatic heterocycles. The Morgan fingerprint density at radius 1 is 1.05 bits per heavy atom. The molecule has 2 N–H and O–H groups in total.